The third-order valence-corrected chi connectivity index (χ3v) is 6.30. The molecular weight excluding hydrogens is 537 g/mol. The lowest BCUT2D eigenvalue weighted by Crippen LogP contribution is -2.31. The van der Waals surface area contributed by atoms with Gasteiger partial charge in [-0.3, -0.25) is 19.7 Å². The van der Waals surface area contributed by atoms with Crippen molar-refractivity contribution in [3.63, 3.8) is 0 Å². The molecule has 1 heterocycles. The number of ether oxygens (including phenoxy) is 2. The molecule has 0 unspecified atom stereocenters. The summed E-state index contributed by atoms with van der Waals surface area (Å²) in [5.41, 5.74) is 7.54. The Morgan fingerprint density at radius 2 is 1.85 bits per heavy atom. The maximum absolute atomic E-state index is 13.5. The largest absolute Gasteiger partial charge is 0.490 e. The van der Waals surface area contributed by atoms with Crippen LogP contribution in [0.3, 0.4) is 0 Å². The number of nitrogens with two attached hydrogens (primary N) is 2. The van der Waals surface area contributed by atoms with Crippen molar-refractivity contribution in [2.45, 2.75) is 20.0 Å². The number of methoxy groups -OCH3 is 1. The van der Waals surface area contributed by atoms with Crippen LogP contribution in [0.1, 0.15) is 34.0 Å². The van der Waals surface area contributed by atoms with Crippen LogP contribution < -0.4 is 26.6 Å². The second-order valence-corrected chi connectivity index (χ2v) is 9.17. The van der Waals surface area contributed by atoms with Gasteiger partial charge in [0.05, 0.1) is 29.2 Å². The molecule has 3 aromatic rings. The third kappa shape index (κ3) is 8.93. The van der Waals surface area contributed by atoms with Crippen LogP contribution in [0, 0.1) is 6.92 Å². The minimum absolute atomic E-state index is 0.0998. The first-order valence-corrected chi connectivity index (χ1v) is 12.9. The van der Waals surface area contributed by atoms with Gasteiger partial charge in [0, 0.05) is 49.9 Å². The summed E-state index contributed by atoms with van der Waals surface area (Å²) in [6.07, 6.45) is 0.0955. The number of anilines is 2. The molecule has 2 aromatic carbocycles. The quantitative estimate of drug-likeness (QED) is 0.200. The number of carbonyl (C=O) groups is 1. The number of carbonyl (C=O) groups excluding carboxylic acids is 1. The van der Waals surface area contributed by atoms with Gasteiger partial charge in [-0.2, -0.15) is 13.2 Å². The standard InChI is InChI=1S/C29H35F3N6O3/c1-4-37(12-14-40-3)13-15-41-27-10-9-23(29(30,31)32)17-25(27)36-28(39)21-8-7-20(2)26(16-21)38(34)19-24(33)22-6-5-11-35-18-22/h5-11,16-19H,4,12-15,33-34H2,1-3H3,(H,36,39)/b24-19-. The van der Waals surface area contributed by atoms with E-state index in [0.29, 0.717) is 36.6 Å². The number of alkyl halides is 3. The molecule has 1 amide bonds. The van der Waals surface area contributed by atoms with Crippen molar-refractivity contribution in [3.8, 4) is 5.75 Å². The predicted molar refractivity (Wildman–Crippen MR) is 153 cm³/mol. The van der Waals surface area contributed by atoms with E-state index in [1.807, 2.05) is 6.92 Å². The molecule has 0 saturated carbocycles. The highest BCUT2D eigenvalue weighted by Crippen LogP contribution is 2.35. The van der Waals surface area contributed by atoms with Crippen LogP contribution in [-0.2, 0) is 10.9 Å². The van der Waals surface area contributed by atoms with Gasteiger partial charge in [0.2, 0.25) is 0 Å². The average Bonchev–Trinajstić information content (AvgIpc) is 2.95. The molecule has 0 atom stereocenters. The number of pyridine rings is 1. The van der Waals surface area contributed by atoms with Gasteiger partial charge in [-0.05, 0) is 61.5 Å². The van der Waals surface area contributed by atoms with Gasteiger partial charge in [-0.25, -0.2) is 5.84 Å². The van der Waals surface area contributed by atoms with Crippen LogP contribution >= 0.6 is 0 Å². The SMILES string of the molecule is CCN(CCOC)CCOc1ccc(C(F)(F)F)cc1NC(=O)c1ccc(C)c(N(N)/C=C(\N)c2cccnc2)c1. The van der Waals surface area contributed by atoms with E-state index in [4.69, 9.17) is 21.1 Å². The lowest BCUT2D eigenvalue weighted by molar-refractivity contribution is -0.137. The molecule has 0 spiro atoms. The first-order valence-electron chi connectivity index (χ1n) is 12.9. The zero-order valence-electron chi connectivity index (χ0n) is 23.2. The van der Waals surface area contributed by atoms with E-state index in [1.54, 1.807) is 50.7 Å². The third-order valence-electron chi connectivity index (χ3n) is 6.30. The van der Waals surface area contributed by atoms with Crippen LogP contribution in [-0.4, -0.2) is 55.7 Å². The Balaban J connectivity index is 1.82. The average molecular weight is 573 g/mol. The Bertz CT molecular complexity index is 1340. The summed E-state index contributed by atoms with van der Waals surface area (Å²) in [7, 11) is 1.61. The molecule has 0 aliphatic rings. The van der Waals surface area contributed by atoms with E-state index in [0.717, 1.165) is 24.2 Å². The maximum atomic E-state index is 13.5. The molecule has 41 heavy (non-hydrogen) atoms. The summed E-state index contributed by atoms with van der Waals surface area (Å²) in [6, 6.07) is 11.3. The Labute approximate surface area is 237 Å². The number of aromatic nitrogens is 1. The number of hydrazine groups is 1. The van der Waals surface area contributed by atoms with E-state index in [1.165, 1.54) is 23.3 Å². The molecule has 12 heteroatoms. The van der Waals surface area contributed by atoms with Gasteiger partial charge in [0.15, 0.2) is 0 Å². The molecule has 0 aliphatic heterocycles. The first-order chi connectivity index (χ1) is 19.5. The molecule has 0 radical (unpaired) electrons. The highest BCUT2D eigenvalue weighted by atomic mass is 19.4. The van der Waals surface area contributed by atoms with Crippen molar-refractivity contribution in [1.29, 1.82) is 0 Å². The van der Waals surface area contributed by atoms with E-state index >= 15 is 0 Å². The second-order valence-electron chi connectivity index (χ2n) is 9.17. The van der Waals surface area contributed by atoms with Gasteiger partial charge in [-0.15, -0.1) is 0 Å². The zero-order chi connectivity index (χ0) is 30.0. The zero-order valence-corrected chi connectivity index (χ0v) is 23.2. The molecule has 3 rings (SSSR count). The fourth-order valence-electron chi connectivity index (χ4n) is 3.91. The van der Waals surface area contributed by atoms with E-state index in [9.17, 15) is 18.0 Å². The Hall–Kier alpha value is -4.13. The Morgan fingerprint density at radius 1 is 1.10 bits per heavy atom. The van der Waals surface area contributed by atoms with Crippen LogP contribution in [0.25, 0.3) is 5.70 Å². The number of hydrogen-bond acceptors (Lipinski definition) is 8. The summed E-state index contributed by atoms with van der Waals surface area (Å²) in [5.74, 6) is 5.72. The summed E-state index contributed by atoms with van der Waals surface area (Å²) in [6.45, 7) is 6.49. The van der Waals surface area contributed by atoms with Gasteiger partial charge >= 0.3 is 6.18 Å². The second kappa shape index (κ2) is 14.5. The van der Waals surface area contributed by atoms with Gasteiger partial charge < -0.3 is 20.5 Å². The number of nitrogens with one attached hydrogen (secondary N) is 1. The van der Waals surface area contributed by atoms with E-state index < -0.39 is 17.6 Å². The molecule has 0 saturated heterocycles. The van der Waals surface area contributed by atoms with Crippen molar-refractivity contribution in [2.24, 2.45) is 11.6 Å². The summed E-state index contributed by atoms with van der Waals surface area (Å²) in [5, 5.41) is 3.85. The number of likely N-dealkylation sites (N-methyl/N-ethyl adjacent to an activating group) is 1. The number of rotatable bonds is 13. The summed E-state index contributed by atoms with van der Waals surface area (Å²) < 4.78 is 51.4. The van der Waals surface area contributed by atoms with Crippen LogP contribution in [0.15, 0.2) is 67.1 Å². The molecule has 9 nitrogen and oxygen atoms in total. The topological polar surface area (TPSA) is 119 Å². The first kappa shape index (κ1) is 31.4. The van der Waals surface area contributed by atoms with Crippen molar-refractivity contribution in [3.05, 3.63) is 89.4 Å². The molecular formula is C29H35F3N6O3. The molecule has 0 bridgehead atoms. The molecule has 0 fully saturated rings. The van der Waals surface area contributed by atoms with E-state index in [-0.39, 0.29) is 23.6 Å². The van der Waals surface area contributed by atoms with Crippen LogP contribution in [0.2, 0.25) is 0 Å². The molecule has 220 valence electrons. The Morgan fingerprint density at radius 3 is 2.51 bits per heavy atom. The number of benzene rings is 2. The lowest BCUT2D eigenvalue weighted by Gasteiger charge is -2.21. The minimum atomic E-state index is -4.60. The predicted octanol–water partition coefficient (Wildman–Crippen LogP) is 4.65. The van der Waals surface area contributed by atoms with Gasteiger partial charge in [0.1, 0.15) is 12.4 Å². The number of hydrogen-bond donors (Lipinski definition) is 3. The van der Waals surface area contributed by atoms with Crippen molar-refractivity contribution >= 4 is 23.0 Å². The number of aryl methyl sites for hydroxylation is 1. The monoisotopic (exact) mass is 572 g/mol. The normalized spacial score (nSPS) is 12.0. The molecule has 5 N–H and O–H groups in total. The van der Waals surface area contributed by atoms with E-state index in [2.05, 4.69) is 15.2 Å². The van der Waals surface area contributed by atoms with Crippen molar-refractivity contribution in [2.75, 3.05) is 50.3 Å². The summed E-state index contributed by atoms with van der Waals surface area (Å²) in [4.78, 5) is 19.3. The highest BCUT2D eigenvalue weighted by molar-refractivity contribution is 6.05. The minimum Gasteiger partial charge on any atom is -0.490 e. The number of halogens is 3. The lowest BCUT2D eigenvalue weighted by atomic mass is 10.1. The van der Waals surface area contributed by atoms with Crippen molar-refractivity contribution in [1.82, 2.24) is 9.88 Å². The van der Waals surface area contributed by atoms with Gasteiger partial charge in [-0.1, -0.05) is 13.0 Å². The Kier molecular flexibility index (Phi) is 11.1. The highest BCUT2D eigenvalue weighted by Gasteiger charge is 2.31. The molecule has 1 aromatic heterocycles. The molecule has 0 aliphatic carbocycles. The smallest absolute Gasteiger partial charge is 0.416 e. The fraction of sp³-hybridized carbons (Fsp3) is 0.310. The maximum Gasteiger partial charge on any atom is 0.416 e. The number of nitrogens with zero attached hydrogens (tertiary/aromatic N) is 3. The number of amides is 1. The summed E-state index contributed by atoms with van der Waals surface area (Å²) >= 11 is 0. The van der Waals surface area contributed by atoms with Gasteiger partial charge in [0.25, 0.3) is 5.91 Å². The fourth-order valence-corrected chi connectivity index (χ4v) is 3.91. The van der Waals surface area contributed by atoms with Crippen LogP contribution in [0.4, 0.5) is 24.5 Å². The van der Waals surface area contributed by atoms with Crippen molar-refractivity contribution < 1.29 is 27.4 Å². The van der Waals surface area contributed by atoms with Crippen LogP contribution in [0.5, 0.6) is 5.75 Å².